The van der Waals surface area contributed by atoms with Gasteiger partial charge in [0.05, 0.1) is 16.8 Å². The van der Waals surface area contributed by atoms with Gasteiger partial charge >= 0.3 is 0 Å². The minimum absolute atomic E-state index is 0.103. The Balaban J connectivity index is 1.60. The SMILES string of the molecule is C[C@H](C1CC1)n1cc(-c2cc(N3CCC(C)(O)CC3)n(C)n2)c2[nH]nc(N)c2c1=O. The molecule has 0 radical (unpaired) electrons. The number of nitrogen functional groups attached to an aromatic ring is 1. The van der Waals surface area contributed by atoms with Crippen molar-refractivity contribution in [1.82, 2.24) is 24.5 Å². The van der Waals surface area contributed by atoms with Gasteiger partial charge in [0.25, 0.3) is 5.56 Å². The van der Waals surface area contributed by atoms with Crippen LogP contribution in [0.2, 0.25) is 0 Å². The largest absolute Gasteiger partial charge is 0.390 e. The van der Waals surface area contributed by atoms with E-state index >= 15 is 0 Å². The molecule has 0 amide bonds. The highest BCUT2D eigenvalue weighted by Crippen LogP contribution is 2.40. The summed E-state index contributed by atoms with van der Waals surface area (Å²) in [4.78, 5) is 15.4. The van der Waals surface area contributed by atoms with E-state index in [9.17, 15) is 9.90 Å². The van der Waals surface area contributed by atoms with E-state index in [0.717, 1.165) is 55.8 Å². The predicted molar refractivity (Wildman–Crippen MR) is 116 cm³/mol. The van der Waals surface area contributed by atoms with Crippen LogP contribution in [0.25, 0.3) is 22.2 Å². The quantitative estimate of drug-likeness (QED) is 0.605. The first-order valence-electron chi connectivity index (χ1n) is 10.7. The van der Waals surface area contributed by atoms with Crippen molar-refractivity contribution >= 4 is 22.5 Å². The summed E-state index contributed by atoms with van der Waals surface area (Å²) in [5, 5.41) is 22.5. The Bertz CT molecular complexity index is 1160. The number of aromatic nitrogens is 5. The Kier molecular flexibility index (Phi) is 4.22. The second kappa shape index (κ2) is 6.60. The van der Waals surface area contributed by atoms with Crippen molar-refractivity contribution in [2.75, 3.05) is 23.7 Å². The van der Waals surface area contributed by atoms with Crippen molar-refractivity contribution in [3.05, 3.63) is 22.6 Å². The zero-order chi connectivity index (χ0) is 21.2. The Labute approximate surface area is 174 Å². The topological polar surface area (TPSA) is 118 Å². The number of hydrogen-bond acceptors (Lipinski definition) is 6. The zero-order valence-corrected chi connectivity index (χ0v) is 17.7. The molecule has 0 spiro atoms. The third-order valence-corrected chi connectivity index (χ3v) is 6.82. The van der Waals surface area contributed by atoms with Crippen LogP contribution in [0, 0.1) is 5.92 Å². The summed E-state index contributed by atoms with van der Waals surface area (Å²) in [6.07, 6.45) is 5.64. The van der Waals surface area contributed by atoms with Crippen LogP contribution in [0.15, 0.2) is 17.1 Å². The Morgan fingerprint density at radius 1 is 1.33 bits per heavy atom. The lowest BCUT2D eigenvalue weighted by atomic mass is 9.94. The maximum Gasteiger partial charge on any atom is 0.264 e. The number of rotatable bonds is 4. The van der Waals surface area contributed by atoms with Crippen LogP contribution in [-0.2, 0) is 7.05 Å². The van der Waals surface area contributed by atoms with Gasteiger partial charge in [0.15, 0.2) is 5.82 Å². The minimum atomic E-state index is -0.605. The number of pyridine rings is 1. The molecule has 1 saturated heterocycles. The summed E-state index contributed by atoms with van der Waals surface area (Å²) < 4.78 is 3.66. The first-order valence-corrected chi connectivity index (χ1v) is 10.7. The van der Waals surface area contributed by atoms with E-state index in [1.807, 2.05) is 30.9 Å². The van der Waals surface area contributed by atoms with Crippen LogP contribution in [0.4, 0.5) is 11.6 Å². The molecule has 9 heteroatoms. The molecule has 2 aliphatic rings. The van der Waals surface area contributed by atoms with Crippen molar-refractivity contribution in [3.63, 3.8) is 0 Å². The van der Waals surface area contributed by atoms with Crippen molar-refractivity contribution in [1.29, 1.82) is 0 Å². The number of anilines is 2. The summed E-state index contributed by atoms with van der Waals surface area (Å²) in [5.41, 5.74) is 7.57. The first kappa shape index (κ1) is 19.2. The number of nitrogens with zero attached hydrogens (tertiary/aromatic N) is 5. The highest BCUT2D eigenvalue weighted by Gasteiger charge is 2.32. The van der Waals surface area contributed by atoms with Crippen LogP contribution in [0.3, 0.4) is 0 Å². The predicted octanol–water partition coefficient (Wildman–Crippen LogP) is 2.03. The summed E-state index contributed by atoms with van der Waals surface area (Å²) in [6, 6.07) is 2.16. The molecule has 30 heavy (non-hydrogen) atoms. The van der Waals surface area contributed by atoms with E-state index in [2.05, 4.69) is 22.0 Å². The lowest BCUT2D eigenvalue weighted by Crippen LogP contribution is -2.43. The standard InChI is InChI=1S/C21H29N7O2/c1-12(13-4-5-13)28-11-14(18-17(20(28)29)19(22)24-23-18)15-10-16(26(3)25-15)27-8-6-21(2,30)7-9-27/h10-13,30H,4-9H2,1-3H3,(H3,22,23,24)/t12-/m1/s1. The van der Waals surface area contributed by atoms with Gasteiger partial charge in [-0.2, -0.15) is 10.2 Å². The number of H-pyrrole nitrogens is 1. The molecule has 2 fully saturated rings. The van der Waals surface area contributed by atoms with E-state index in [-0.39, 0.29) is 17.4 Å². The van der Waals surface area contributed by atoms with Crippen molar-refractivity contribution in [2.45, 2.75) is 51.2 Å². The minimum Gasteiger partial charge on any atom is -0.390 e. The van der Waals surface area contributed by atoms with Crippen LogP contribution in [0.5, 0.6) is 0 Å². The van der Waals surface area contributed by atoms with Gasteiger partial charge in [0, 0.05) is 44.0 Å². The fourth-order valence-corrected chi connectivity index (χ4v) is 4.56. The van der Waals surface area contributed by atoms with Crippen molar-refractivity contribution < 1.29 is 5.11 Å². The summed E-state index contributed by atoms with van der Waals surface area (Å²) in [5.74, 6) is 1.75. The smallest absolute Gasteiger partial charge is 0.264 e. The molecule has 3 aromatic rings. The van der Waals surface area contributed by atoms with Gasteiger partial charge < -0.3 is 20.3 Å². The Hall–Kier alpha value is -2.81. The van der Waals surface area contributed by atoms with E-state index in [0.29, 0.717) is 16.8 Å². The van der Waals surface area contributed by atoms with Crippen LogP contribution in [-0.4, -0.2) is 48.3 Å². The molecule has 5 rings (SSSR count). The van der Waals surface area contributed by atoms with Gasteiger partial charge in [-0.15, -0.1) is 0 Å². The number of aromatic amines is 1. The number of hydrogen-bond donors (Lipinski definition) is 3. The monoisotopic (exact) mass is 411 g/mol. The summed E-state index contributed by atoms with van der Waals surface area (Å²) in [7, 11) is 1.92. The number of nitrogens with one attached hydrogen (secondary N) is 1. The highest BCUT2D eigenvalue weighted by atomic mass is 16.3. The van der Waals surface area contributed by atoms with Gasteiger partial charge in [-0.25, -0.2) is 0 Å². The maximum absolute atomic E-state index is 13.1. The van der Waals surface area contributed by atoms with Gasteiger partial charge in [-0.05, 0) is 45.4 Å². The first-order chi connectivity index (χ1) is 14.2. The Morgan fingerprint density at radius 2 is 2.03 bits per heavy atom. The van der Waals surface area contributed by atoms with E-state index in [4.69, 9.17) is 10.8 Å². The second-order valence-electron chi connectivity index (χ2n) is 9.19. The third-order valence-electron chi connectivity index (χ3n) is 6.82. The molecule has 1 aliphatic carbocycles. The molecule has 4 heterocycles. The number of fused-ring (bicyclic) bond motifs is 1. The van der Waals surface area contributed by atoms with Gasteiger partial charge in [-0.3, -0.25) is 14.6 Å². The molecule has 160 valence electrons. The molecular weight excluding hydrogens is 382 g/mol. The summed E-state index contributed by atoms with van der Waals surface area (Å²) >= 11 is 0. The van der Waals surface area contributed by atoms with Crippen molar-refractivity contribution in [3.8, 4) is 11.3 Å². The van der Waals surface area contributed by atoms with E-state index in [1.165, 1.54) is 0 Å². The maximum atomic E-state index is 13.1. The number of piperidine rings is 1. The lowest BCUT2D eigenvalue weighted by Gasteiger charge is -2.36. The molecule has 3 aromatic heterocycles. The fourth-order valence-electron chi connectivity index (χ4n) is 4.56. The van der Waals surface area contributed by atoms with Gasteiger partial charge in [0.1, 0.15) is 11.2 Å². The number of aliphatic hydroxyl groups is 1. The van der Waals surface area contributed by atoms with E-state index < -0.39 is 5.60 Å². The molecule has 1 saturated carbocycles. The molecule has 0 unspecified atom stereocenters. The molecule has 9 nitrogen and oxygen atoms in total. The molecular formula is C21H29N7O2. The van der Waals surface area contributed by atoms with E-state index in [1.54, 1.807) is 4.57 Å². The summed E-state index contributed by atoms with van der Waals surface area (Å²) in [6.45, 7) is 5.53. The fraction of sp³-hybridized carbons (Fsp3) is 0.571. The molecule has 1 aliphatic heterocycles. The average molecular weight is 412 g/mol. The van der Waals surface area contributed by atoms with Gasteiger partial charge in [0.2, 0.25) is 0 Å². The highest BCUT2D eigenvalue weighted by molar-refractivity contribution is 5.97. The molecule has 4 N–H and O–H groups in total. The van der Waals surface area contributed by atoms with Gasteiger partial charge in [-0.1, -0.05) is 0 Å². The zero-order valence-electron chi connectivity index (χ0n) is 17.7. The van der Waals surface area contributed by atoms with Crippen LogP contribution >= 0.6 is 0 Å². The number of aryl methyl sites for hydroxylation is 1. The van der Waals surface area contributed by atoms with Crippen molar-refractivity contribution in [2.24, 2.45) is 13.0 Å². The normalized spacial score (nSPS) is 20.1. The number of nitrogens with two attached hydrogens (primary N) is 1. The van der Waals surface area contributed by atoms with Crippen LogP contribution in [0.1, 0.15) is 45.6 Å². The molecule has 1 atom stereocenters. The third kappa shape index (κ3) is 3.08. The second-order valence-corrected chi connectivity index (χ2v) is 9.19. The lowest BCUT2D eigenvalue weighted by molar-refractivity contribution is 0.0349. The molecule has 0 bridgehead atoms. The molecule has 0 aromatic carbocycles. The van der Waals surface area contributed by atoms with Crippen LogP contribution < -0.4 is 16.2 Å². The Morgan fingerprint density at radius 3 is 2.70 bits per heavy atom. The average Bonchev–Trinajstić information content (AvgIpc) is 3.38.